The van der Waals surface area contributed by atoms with Gasteiger partial charge in [-0.3, -0.25) is 9.78 Å². The van der Waals surface area contributed by atoms with E-state index in [0.717, 1.165) is 0 Å². The molecule has 0 fully saturated rings. The molecule has 0 spiro atoms. The topological polar surface area (TPSA) is 96.9 Å². The lowest BCUT2D eigenvalue weighted by molar-refractivity contribution is 0.602. The molecule has 6 nitrogen and oxygen atoms in total. The molecular formula is C8H10N4O2. The van der Waals surface area contributed by atoms with Crippen molar-refractivity contribution in [3.05, 3.63) is 22.7 Å². The molecule has 2 aromatic heterocycles. The molecule has 0 amide bonds. The van der Waals surface area contributed by atoms with Gasteiger partial charge in [-0.05, 0) is 6.07 Å². The second kappa shape index (κ2) is 3.51. The standard InChI is InChI=1S/C8H10N4O2/c9-2-3-10-8-11-6(13)5-1-4-14-7(5)12-8/h1,4H,2-3,9H2,(H2,10,11,12,13). The highest BCUT2D eigenvalue weighted by atomic mass is 16.3. The van der Waals surface area contributed by atoms with Gasteiger partial charge in [0.05, 0.1) is 6.26 Å². The number of hydrogen-bond donors (Lipinski definition) is 3. The minimum absolute atomic E-state index is 0.219. The predicted octanol–water partition coefficient (Wildman–Crippen LogP) is -0.113. The van der Waals surface area contributed by atoms with Crippen LogP contribution < -0.4 is 16.6 Å². The maximum absolute atomic E-state index is 11.4. The molecule has 0 saturated carbocycles. The van der Waals surface area contributed by atoms with Crippen molar-refractivity contribution in [1.29, 1.82) is 0 Å². The van der Waals surface area contributed by atoms with Crippen LogP contribution in [0, 0.1) is 0 Å². The van der Waals surface area contributed by atoms with Gasteiger partial charge in [-0.2, -0.15) is 4.98 Å². The predicted molar refractivity (Wildman–Crippen MR) is 52.2 cm³/mol. The average Bonchev–Trinajstić information content (AvgIpc) is 2.63. The maximum atomic E-state index is 11.4. The first-order valence-electron chi connectivity index (χ1n) is 4.22. The summed E-state index contributed by atoms with van der Waals surface area (Å²) in [7, 11) is 0. The van der Waals surface area contributed by atoms with Gasteiger partial charge in [0.2, 0.25) is 11.7 Å². The molecular weight excluding hydrogens is 184 g/mol. The fraction of sp³-hybridized carbons (Fsp3) is 0.250. The third-order valence-corrected chi connectivity index (χ3v) is 1.77. The molecule has 0 aliphatic carbocycles. The SMILES string of the molecule is NCCNc1nc2occc2c(=O)[nH]1. The monoisotopic (exact) mass is 194 g/mol. The Labute approximate surface area is 79.1 Å². The van der Waals surface area contributed by atoms with E-state index in [1.54, 1.807) is 6.07 Å². The van der Waals surface area contributed by atoms with E-state index in [9.17, 15) is 4.79 Å². The minimum Gasteiger partial charge on any atom is -0.446 e. The van der Waals surface area contributed by atoms with Crippen LogP contribution in [0.2, 0.25) is 0 Å². The Morgan fingerprint density at radius 3 is 3.29 bits per heavy atom. The van der Waals surface area contributed by atoms with Crippen LogP contribution >= 0.6 is 0 Å². The second-order valence-electron chi connectivity index (χ2n) is 2.77. The normalized spacial score (nSPS) is 10.6. The number of aromatic amines is 1. The number of fused-ring (bicyclic) bond motifs is 1. The van der Waals surface area contributed by atoms with E-state index >= 15 is 0 Å². The highest BCUT2D eigenvalue weighted by molar-refractivity contribution is 5.72. The molecule has 0 radical (unpaired) electrons. The van der Waals surface area contributed by atoms with Crippen molar-refractivity contribution >= 4 is 17.0 Å². The van der Waals surface area contributed by atoms with Crippen LogP contribution in [0.4, 0.5) is 5.95 Å². The number of nitrogens with two attached hydrogens (primary N) is 1. The van der Waals surface area contributed by atoms with Crippen LogP contribution in [0.3, 0.4) is 0 Å². The fourth-order valence-electron chi connectivity index (χ4n) is 1.14. The molecule has 0 atom stereocenters. The smallest absolute Gasteiger partial charge is 0.263 e. The number of nitrogens with zero attached hydrogens (tertiary/aromatic N) is 1. The number of furan rings is 1. The largest absolute Gasteiger partial charge is 0.446 e. The summed E-state index contributed by atoms with van der Waals surface area (Å²) in [6.07, 6.45) is 1.43. The van der Waals surface area contributed by atoms with E-state index in [-0.39, 0.29) is 5.56 Å². The van der Waals surface area contributed by atoms with Crippen molar-refractivity contribution < 1.29 is 4.42 Å². The van der Waals surface area contributed by atoms with Crippen LogP contribution in [-0.4, -0.2) is 23.1 Å². The van der Waals surface area contributed by atoms with E-state index in [1.807, 2.05) is 0 Å². The first kappa shape index (κ1) is 8.76. The van der Waals surface area contributed by atoms with Crippen LogP contribution in [0.15, 0.2) is 21.5 Å². The summed E-state index contributed by atoms with van der Waals surface area (Å²) in [4.78, 5) is 18.0. The van der Waals surface area contributed by atoms with E-state index in [0.29, 0.717) is 30.1 Å². The second-order valence-corrected chi connectivity index (χ2v) is 2.77. The van der Waals surface area contributed by atoms with Gasteiger partial charge in [-0.25, -0.2) is 0 Å². The highest BCUT2D eigenvalue weighted by Gasteiger charge is 2.04. The van der Waals surface area contributed by atoms with Crippen LogP contribution in [0.25, 0.3) is 11.1 Å². The Balaban J connectivity index is 2.43. The lowest BCUT2D eigenvalue weighted by Crippen LogP contribution is -2.17. The molecule has 0 aliphatic rings. The van der Waals surface area contributed by atoms with Gasteiger partial charge in [-0.15, -0.1) is 0 Å². The van der Waals surface area contributed by atoms with Gasteiger partial charge in [0, 0.05) is 13.1 Å². The van der Waals surface area contributed by atoms with Crippen molar-refractivity contribution in [1.82, 2.24) is 9.97 Å². The van der Waals surface area contributed by atoms with Crippen molar-refractivity contribution in [3.63, 3.8) is 0 Å². The third-order valence-electron chi connectivity index (χ3n) is 1.77. The van der Waals surface area contributed by atoms with Crippen molar-refractivity contribution in [2.45, 2.75) is 0 Å². The lowest BCUT2D eigenvalue weighted by Gasteiger charge is -2.01. The number of anilines is 1. The van der Waals surface area contributed by atoms with Gasteiger partial charge in [0.25, 0.3) is 5.56 Å². The Morgan fingerprint density at radius 1 is 1.64 bits per heavy atom. The number of H-pyrrole nitrogens is 1. The zero-order valence-corrected chi connectivity index (χ0v) is 7.41. The summed E-state index contributed by atoms with van der Waals surface area (Å²) in [6.45, 7) is 1.02. The first-order valence-corrected chi connectivity index (χ1v) is 4.22. The molecule has 0 saturated heterocycles. The Bertz CT molecular complexity index is 487. The summed E-state index contributed by atoms with van der Waals surface area (Å²) < 4.78 is 5.02. The molecule has 2 aromatic rings. The van der Waals surface area contributed by atoms with Crippen molar-refractivity contribution in [2.75, 3.05) is 18.4 Å². The average molecular weight is 194 g/mol. The van der Waals surface area contributed by atoms with Crippen molar-refractivity contribution in [3.8, 4) is 0 Å². The Kier molecular flexibility index (Phi) is 2.19. The van der Waals surface area contributed by atoms with E-state index in [4.69, 9.17) is 10.2 Å². The van der Waals surface area contributed by atoms with Crippen LogP contribution in [-0.2, 0) is 0 Å². The maximum Gasteiger partial charge on any atom is 0.263 e. The van der Waals surface area contributed by atoms with Gasteiger partial charge < -0.3 is 15.5 Å². The third kappa shape index (κ3) is 1.47. The van der Waals surface area contributed by atoms with Gasteiger partial charge >= 0.3 is 0 Å². The van der Waals surface area contributed by atoms with Gasteiger partial charge in [-0.1, -0.05) is 0 Å². The van der Waals surface area contributed by atoms with Gasteiger partial charge in [0.15, 0.2) is 0 Å². The molecule has 4 N–H and O–H groups in total. The van der Waals surface area contributed by atoms with E-state index in [1.165, 1.54) is 6.26 Å². The fourth-order valence-corrected chi connectivity index (χ4v) is 1.14. The quantitative estimate of drug-likeness (QED) is 0.633. The zero-order valence-electron chi connectivity index (χ0n) is 7.41. The van der Waals surface area contributed by atoms with Crippen molar-refractivity contribution in [2.24, 2.45) is 5.73 Å². The summed E-state index contributed by atoms with van der Waals surface area (Å²) in [6, 6.07) is 1.58. The number of rotatable bonds is 3. The molecule has 74 valence electrons. The first-order chi connectivity index (χ1) is 6.81. The van der Waals surface area contributed by atoms with Gasteiger partial charge in [0.1, 0.15) is 5.39 Å². The molecule has 0 bridgehead atoms. The molecule has 2 heterocycles. The molecule has 6 heteroatoms. The van der Waals surface area contributed by atoms with E-state index in [2.05, 4.69) is 15.3 Å². The highest BCUT2D eigenvalue weighted by Crippen LogP contribution is 2.08. The molecule has 0 aromatic carbocycles. The molecule has 0 aliphatic heterocycles. The minimum atomic E-state index is -0.219. The summed E-state index contributed by atoms with van der Waals surface area (Å²) in [5, 5.41) is 3.31. The molecule has 0 unspecified atom stereocenters. The summed E-state index contributed by atoms with van der Waals surface area (Å²) in [5.41, 5.74) is 5.41. The van der Waals surface area contributed by atoms with E-state index < -0.39 is 0 Å². The lowest BCUT2D eigenvalue weighted by atomic mass is 10.4. The molecule has 14 heavy (non-hydrogen) atoms. The summed E-state index contributed by atoms with van der Waals surface area (Å²) in [5.74, 6) is 0.378. The van der Waals surface area contributed by atoms with Crippen LogP contribution in [0.1, 0.15) is 0 Å². The molecule has 2 rings (SSSR count). The Morgan fingerprint density at radius 2 is 2.50 bits per heavy atom. The number of nitrogens with one attached hydrogen (secondary N) is 2. The number of aromatic nitrogens is 2. The number of hydrogen-bond acceptors (Lipinski definition) is 5. The van der Waals surface area contributed by atoms with Crippen LogP contribution in [0.5, 0.6) is 0 Å². The zero-order chi connectivity index (χ0) is 9.97. The Hall–Kier alpha value is -1.82. The summed E-state index contributed by atoms with van der Waals surface area (Å²) >= 11 is 0.